The minimum absolute atomic E-state index is 0.0610. The Bertz CT molecular complexity index is 930. The van der Waals surface area contributed by atoms with Gasteiger partial charge in [0.05, 0.1) is 16.5 Å². The molecule has 1 N–H and O–H groups in total. The van der Waals surface area contributed by atoms with Gasteiger partial charge in [-0.05, 0) is 38.1 Å². The third kappa shape index (κ3) is 2.36. The SMILES string of the molecule is CCn1c(=O)[nH]c2cc(C(=O)O[C@@H]3CN4CC[C@H]3C4)ccc2c1=O. The van der Waals surface area contributed by atoms with E-state index in [0.29, 0.717) is 28.9 Å². The Morgan fingerprint density at radius 1 is 1.33 bits per heavy atom. The fraction of sp³-hybridized carbons (Fsp3) is 0.471. The molecule has 1 aromatic heterocycles. The van der Waals surface area contributed by atoms with E-state index in [4.69, 9.17) is 4.74 Å². The van der Waals surface area contributed by atoms with Crippen LogP contribution in [0.25, 0.3) is 10.9 Å². The highest BCUT2D eigenvalue weighted by molar-refractivity contribution is 5.94. The fourth-order valence-electron chi connectivity index (χ4n) is 3.74. The van der Waals surface area contributed by atoms with Crippen molar-refractivity contribution < 1.29 is 9.53 Å². The standard InChI is InChI=1S/C17H19N3O4/c1-2-20-15(21)12-4-3-10(7-13(12)18-17(20)23)16(22)24-14-9-19-6-5-11(14)8-19/h3-4,7,11,14H,2,5-6,8-9H2,1H3,(H,18,23)/t11-,14+/m0/s1. The molecular formula is C17H19N3O4. The van der Waals surface area contributed by atoms with Gasteiger partial charge < -0.3 is 9.72 Å². The summed E-state index contributed by atoms with van der Waals surface area (Å²) < 4.78 is 6.76. The smallest absolute Gasteiger partial charge is 0.338 e. The number of hydrogen-bond donors (Lipinski definition) is 1. The molecule has 0 aliphatic carbocycles. The summed E-state index contributed by atoms with van der Waals surface area (Å²) in [6, 6.07) is 4.67. The molecule has 3 atom stereocenters. The van der Waals surface area contributed by atoms with E-state index < -0.39 is 11.7 Å². The number of ether oxygens (including phenoxy) is 1. The van der Waals surface area contributed by atoms with Gasteiger partial charge in [0.25, 0.3) is 5.56 Å². The Hall–Kier alpha value is -2.41. The first kappa shape index (κ1) is 15.1. The van der Waals surface area contributed by atoms with Crippen LogP contribution >= 0.6 is 0 Å². The molecule has 2 aliphatic rings. The summed E-state index contributed by atoms with van der Waals surface area (Å²) in [5.74, 6) is 0.0159. The van der Waals surface area contributed by atoms with Gasteiger partial charge in [0.2, 0.25) is 0 Å². The van der Waals surface area contributed by atoms with E-state index in [2.05, 4.69) is 9.88 Å². The maximum atomic E-state index is 12.4. The number of esters is 1. The van der Waals surface area contributed by atoms with E-state index in [1.54, 1.807) is 19.1 Å². The zero-order valence-corrected chi connectivity index (χ0v) is 13.4. The molecular weight excluding hydrogens is 310 g/mol. The molecule has 4 rings (SSSR count). The van der Waals surface area contributed by atoms with Crippen LogP contribution in [0.15, 0.2) is 27.8 Å². The lowest BCUT2D eigenvalue weighted by Gasteiger charge is -2.22. The second-order valence-electron chi connectivity index (χ2n) is 6.49. The van der Waals surface area contributed by atoms with E-state index in [-0.39, 0.29) is 11.7 Å². The second-order valence-corrected chi connectivity index (χ2v) is 6.49. The quantitative estimate of drug-likeness (QED) is 0.832. The van der Waals surface area contributed by atoms with E-state index in [0.717, 1.165) is 30.6 Å². The number of benzene rings is 1. The molecule has 1 unspecified atom stereocenters. The number of aromatic amines is 1. The van der Waals surface area contributed by atoms with Gasteiger partial charge in [-0.2, -0.15) is 0 Å². The second kappa shape index (κ2) is 5.59. The van der Waals surface area contributed by atoms with Crippen LogP contribution in [0.4, 0.5) is 0 Å². The van der Waals surface area contributed by atoms with Crippen LogP contribution in [0.1, 0.15) is 23.7 Å². The Morgan fingerprint density at radius 2 is 2.17 bits per heavy atom. The average Bonchev–Trinajstić information content (AvgIpc) is 3.17. The third-order valence-corrected chi connectivity index (χ3v) is 5.06. The highest BCUT2D eigenvalue weighted by Gasteiger charge is 2.40. The van der Waals surface area contributed by atoms with E-state index in [1.807, 2.05) is 0 Å². The van der Waals surface area contributed by atoms with E-state index in [9.17, 15) is 14.4 Å². The van der Waals surface area contributed by atoms with Crippen LogP contribution in [-0.2, 0) is 11.3 Å². The van der Waals surface area contributed by atoms with Gasteiger partial charge >= 0.3 is 11.7 Å². The summed E-state index contributed by atoms with van der Waals surface area (Å²) in [5, 5.41) is 0.388. The highest BCUT2D eigenvalue weighted by atomic mass is 16.5. The van der Waals surface area contributed by atoms with Crippen molar-refractivity contribution in [3.63, 3.8) is 0 Å². The Balaban J connectivity index is 1.64. The third-order valence-electron chi connectivity index (χ3n) is 5.06. The molecule has 2 saturated heterocycles. The van der Waals surface area contributed by atoms with Crippen LogP contribution in [0.3, 0.4) is 0 Å². The molecule has 0 saturated carbocycles. The lowest BCUT2D eigenvalue weighted by molar-refractivity contribution is 0.0182. The molecule has 7 nitrogen and oxygen atoms in total. The summed E-state index contributed by atoms with van der Waals surface area (Å²) in [6.45, 7) is 4.91. The van der Waals surface area contributed by atoms with Crippen molar-refractivity contribution in [2.45, 2.75) is 26.0 Å². The van der Waals surface area contributed by atoms with Crippen molar-refractivity contribution >= 4 is 16.9 Å². The van der Waals surface area contributed by atoms with E-state index in [1.165, 1.54) is 6.07 Å². The van der Waals surface area contributed by atoms with Gasteiger partial charge in [-0.3, -0.25) is 14.3 Å². The van der Waals surface area contributed by atoms with Crippen molar-refractivity contribution in [2.75, 3.05) is 19.6 Å². The number of aromatic nitrogens is 2. The first-order valence-electron chi connectivity index (χ1n) is 8.27. The molecule has 2 aromatic rings. The first-order valence-corrected chi connectivity index (χ1v) is 8.27. The first-order chi connectivity index (χ1) is 11.6. The normalized spacial score (nSPS) is 25.3. The van der Waals surface area contributed by atoms with Crippen molar-refractivity contribution in [1.82, 2.24) is 14.5 Å². The molecule has 2 bridgehead atoms. The number of fused-ring (bicyclic) bond motifs is 3. The van der Waals surface area contributed by atoms with Crippen molar-refractivity contribution in [2.24, 2.45) is 5.92 Å². The van der Waals surface area contributed by atoms with Gasteiger partial charge in [-0.25, -0.2) is 9.59 Å². The van der Waals surface area contributed by atoms with Crippen LogP contribution in [0.2, 0.25) is 0 Å². The van der Waals surface area contributed by atoms with E-state index >= 15 is 0 Å². The molecule has 24 heavy (non-hydrogen) atoms. The van der Waals surface area contributed by atoms with Gasteiger partial charge in [-0.15, -0.1) is 0 Å². The minimum atomic E-state index is -0.471. The average molecular weight is 329 g/mol. The molecule has 2 aliphatic heterocycles. The number of H-pyrrole nitrogens is 1. The van der Waals surface area contributed by atoms with Crippen LogP contribution in [-0.4, -0.2) is 46.2 Å². The van der Waals surface area contributed by atoms with Crippen molar-refractivity contribution in [3.05, 3.63) is 44.6 Å². The van der Waals surface area contributed by atoms with Crippen molar-refractivity contribution in [3.8, 4) is 0 Å². The molecule has 126 valence electrons. The van der Waals surface area contributed by atoms with Gasteiger partial charge in [0.15, 0.2) is 0 Å². The Morgan fingerprint density at radius 3 is 2.83 bits per heavy atom. The lowest BCUT2D eigenvalue weighted by atomic mass is 10.0. The molecule has 0 radical (unpaired) electrons. The summed E-state index contributed by atoms with van der Waals surface area (Å²) in [6.07, 6.45) is 1.01. The summed E-state index contributed by atoms with van der Waals surface area (Å²) in [4.78, 5) is 41.5. The van der Waals surface area contributed by atoms with Gasteiger partial charge in [0.1, 0.15) is 6.10 Å². The molecule has 3 heterocycles. The number of carbonyl (C=O) groups is 1. The summed E-state index contributed by atoms with van der Waals surface area (Å²) in [7, 11) is 0. The zero-order chi connectivity index (χ0) is 16.8. The molecule has 0 spiro atoms. The predicted molar refractivity (Wildman–Crippen MR) is 88.3 cm³/mol. The van der Waals surface area contributed by atoms with Crippen LogP contribution in [0, 0.1) is 5.92 Å². The molecule has 2 fully saturated rings. The Labute approximate surface area is 137 Å². The highest BCUT2D eigenvalue weighted by Crippen LogP contribution is 2.30. The topological polar surface area (TPSA) is 84.4 Å². The number of rotatable bonds is 3. The number of piperidine rings is 1. The van der Waals surface area contributed by atoms with Gasteiger partial charge in [-0.1, -0.05) is 0 Å². The van der Waals surface area contributed by atoms with Crippen LogP contribution in [0.5, 0.6) is 0 Å². The molecule has 7 heteroatoms. The maximum Gasteiger partial charge on any atom is 0.338 e. The zero-order valence-electron chi connectivity index (χ0n) is 13.4. The van der Waals surface area contributed by atoms with Gasteiger partial charge in [0, 0.05) is 25.6 Å². The molecule has 0 amide bonds. The summed E-state index contributed by atoms with van der Waals surface area (Å²) in [5.41, 5.74) is -0.107. The van der Waals surface area contributed by atoms with Crippen molar-refractivity contribution in [1.29, 1.82) is 0 Å². The molecule has 1 aromatic carbocycles. The predicted octanol–water partition coefficient (Wildman–Crippen LogP) is 0.571. The fourth-order valence-corrected chi connectivity index (χ4v) is 3.74. The Kier molecular flexibility index (Phi) is 3.53. The minimum Gasteiger partial charge on any atom is -0.457 e. The summed E-state index contributed by atoms with van der Waals surface area (Å²) >= 11 is 0. The number of nitrogens with one attached hydrogen (secondary N) is 1. The number of nitrogens with zero attached hydrogens (tertiary/aromatic N) is 2. The number of hydrogen-bond acceptors (Lipinski definition) is 5. The lowest BCUT2D eigenvalue weighted by Crippen LogP contribution is -2.34. The van der Waals surface area contributed by atoms with Crippen LogP contribution < -0.4 is 11.2 Å². The maximum absolute atomic E-state index is 12.4. The largest absolute Gasteiger partial charge is 0.457 e. The monoisotopic (exact) mass is 329 g/mol. The number of carbonyl (C=O) groups excluding carboxylic acids is 1.